The van der Waals surface area contributed by atoms with E-state index in [1.54, 1.807) is 42.5 Å². The Kier molecular flexibility index (Phi) is 8.63. The predicted molar refractivity (Wildman–Crippen MR) is 184 cm³/mol. The van der Waals surface area contributed by atoms with Gasteiger partial charge < -0.3 is 10.1 Å². The van der Waals surface area contributed by atoms with Crippen LogP contribution < -0.4 is 5.32 Å². The summed E-state index contributed by atoms with van der Waals surface area (Å²) in [5.41, 5.74) is 4.30. The highest BCUT2D eigenvalue weighted by Gasteiger charge is 2.72. The maximum atomic E-state index is 13.9. The number of likely N-dealkylation sites (tertiary alicyclic amines) is 1. The smallest absolute Gasteiger partial charge is 0.338 e. The number of unbranched alkanes of at least 4 members (excludes halogenated alkanes) is 2. The third kappa shape index (κ3) is 5.43. The van der Waals surface area contributed by atoms with Crippen LogP contribution in [0, 0.1) is 11.8 Å². The largest absolute Gasteiger partial charge is 0.454 e. The maximum absolute atomic E-state index is 13.9. The molecule has 0 unspecified atom stereocenters. The van der Waals surface area contributed by atoms with E-state index < -0.39 is 27.6 Å². The number of ether oxygens (including phenoxy) is 1. The van der Waals surface area contributed by atoms with Crippen LogP contribution in [-0.2, 0) is 28.9 Å². The number of halogens is 2. The fraction of sp³-hybridized carbons (Fsp3) is 0.256. The second kappa shape index (κ2) is 12.9. The number of amides is 3. The number of ketones is 1. The SMILES string of the molecule is O=C(CCCCCN1C(=O)[C@@H]2[C@@H](C1=O)C1(Cl)c3ccccc3C2(Cl)c2ccccc21)Nc1ccc(C(=O)OCC(=O)c2ccccc2)cc1. The number of alkyl halides is 2. The summed E-state index contributed by atoms with van der Waals surface area (Å²) in [6.07, 6.45) is 1.92. The number of Topliss-reactive ketones (excluding diaryl/α,β-unsaturated/α-hetero) is 1. The molecule has 4 aromatic carbocycles. The Hall–Kier alpha value is -4.79. The zero-order valence-electron chi connectivity index (χ0n) is 26.4. The first-order valence-electron chi connectivity index (χ1n) is 16.2. The molecule has 0 spiro atoms. The molecule has 10 heteroatoms. The molecule has 8 rings (SSSR count). The Bertz CT molecular complexity index is 1860. The number of nitrogens with zero attached hydrogens (tertiary/aromatic N) is 1. The Morgan fingerprint density at radius 2 is 1.16 bits per heavy atom. The number of carbonyl (C=O) groups excluding carboxylic acids is 5. The van der Waals surface area contributed by atoms with Crippen LogP contribution in [0.3, 0.4) is 0 Å². The highest BCUT2D eigenvalue weighted by molar-refractivity contribution is 6.36. The van der Waals surface area contributed by atoms with Crippen LogP contribution in [-0.4, -0.2) is 47.5 Å². The lowest BCUT2D eigenvalue weighted by atomic mass is 9.54. The number of rotatable bonds is 11. The van der Waals surface area contributed by atoms with Crippen LogP contribution in [0.4, 0.5) is 5.69 Å². The summed E-state index contributed by atoms with van der Waals surface area (Å²) in [4.78, 5) is 63.9. The average molecular weight is 696 g/mol. The van der Waals surface area contributed by atoms with Crippen LogP contribution >= 0.6 is 23.2 Å². The lowest BCUT2D eigenvalue weighted by molar-refractivity contribution is -0.140. The maximum Gasteiger partial charge on any atom is 0.338 e. The minimum absolute atomic E-state index is 0.205. The first-order chi connectivity index (χ1) is 23.7. The van der Waals surface area contributed by atoms with Crippen LogP contribution in [0.5, 0.6) is 0 Å². The molecule has 1 aliphatic heterocycles. The van der Waals surface area contributed by atoms with Crippen molar-refractivity contribution >= 4 is 58.4 Å². The number of esters is 1. The number of anilines is 1. The minimum atomic E-state index is -1.20. The highest BCUT2D eigenvalue weighted by atomic mass is 35.5. The molecule has 0 aromatic heterocycles. The van der Waals surface area contributed by atoms with E-state index in [9.17, 15) is 24.0 Å². The first-order valence-corrected chi connectivity index (χ1v) is 17.0. The normalized spacial score (nSPS) is 23.0. The Balaban J connectivity index is 0.907. The van der Waals surface area contributed by atoms with Gasteiger partial charge in [-0.15, -0.1) is 23.2 Å². The third-order valence-electron chi connectivity index (χ3n) is 9.80. The summed E-state index contributed by atoms with van der Waals surface area (Å²) in [5.74, 6) is -3.41. The van der Waals surface area contributed by atoms with Gasteiger partial charge in [-0.3, -0.25) is 24.1 Å². The molecule has 0 saturated carbocycles. The van der Waals surface area contributed by atoms with Crippen LogP contribution in [0.1, 0.15) is 68.7 Å². The van der Waals surface area contributed by atoms with Crippen molar-refractivity contribution in [3.63, 3.8) is 0 Å². The van der Waals surface area contributed by atoms with E-state index in [1.807, 2.05) is 48.5 Å². The molecule has 1 N–H and O–H groups in total. The van der Waals surface area contributed by atoms with E-state index in [1.165, 1.54) is 17.0 Å². The van der Waals surface area contributed by atoms with Gasteiger partial charge in [-0.25, -0.2) is 4.79 Å². The Morgan fingerprint density at radius 3 is 1.69 bits per heavy atom. The standard InChI is InChI=1S/C39H32Cl2N2O6/c40-38-27-13-6-7-14-28(27)39(41,30-16-9-8-15-29(30)38)34-33(38)35(46)43(36(34)47)22-10-2-5-17-32(45)42-26-20-18-25(19-21-26)37(48)49-23-31(44)24-11-3-1-4-12-24/h1,3-4,6-9,11-16,18-21,33-34H,2,5,10,17,22-23H2,(H,42,45)/t33-,34-,38?,39?/m0/s1. The predicted octanol–water partition coefficient (Wildman–Crippen LogP) is 6.82. The van der Waals surface area contributed by atoms with Crippen LogP contribution in [0.15, 0.2) is 103 Å². The molecule has 3 amide bonds. The minimum Gasteiger partial charge on any atom is -0.454 e. The molecule has 248 valence electrons. The summed E-state index contributed by atoms with van der Waals surface area (Å²) in [6.45, 7) is -0.153. The molecule has 0 radical (unpaired) electrons. The zero-order valence-corrected chi connectivity index (χ0v) is 27.9. The lowest BCUT2D eigenvalue weighted by Gasteiger charge is -2.54. The fourth-order valence-electron chi connectivity index (χ4n) is 7.51. The summed E-state index contributed by atoms with van der Waals surface area (Å²) >= 11 is 14.9. The number of imide groups is 1. The number of hydrogen-bond donors (Lipinski definition) is 1. The molecule has 1 fully saturated rings. The lowest BCUT2D eigenvalue weighted by Crippen LogP contribution is -2.57. The molecule has 8 nitrogen and oxygen atoms in total. The summed E-state index contributed by atoms with van der Waals surface area (Å²) < 4.78 is 5.14. The van der Waals surface area contributed by atoms with Crippen molar-refractivity contribution in [2.75, 3.05) is 18.5 Å². The number of carbonyl (C=O) groups is 5. The molecule has 49 heavy (non-hydrogen) atoms. The van der Waals surface area contributed by atoms with Gasteiger partial charge >= 0.3 is 5.97 Å². The topological polar surface area (TPSA) is 110 Å². The van der Waals surface area contributed by atoms with E-state index in [0.29, 0.717) is 30.5 Å². The van der Waals surface area contributed by atoms with Crippen molar-refractivity contribution in [3.8, 4) is 0 Å². The van der Waals surface area contributed by atoms with Crippen molar-refractivity contribution < 1.29 is 28.7 Å². The Labute approximate surface area is 293 Å². The van der Waals surface area contributed by atoms with E-state index in [2.05, 4.69) is 5.32 Å². The second-order valence-corrected chi connectivity index (χ2v) is 13.8. The number of nitrogens with one attached hydrogen (secondary N) is 1. The summed E-state index contributed by atoms with van der Waals surface area (Å²) in [7, 11) is 0. The molecule has 2 bridgehead atoms. The van der Waals surface area contributed by atoms with Crippen molar-refractivity contribution in [2.24, 2.45) is 11.8 Å². The van der Waals surface area contributed by atoms with Crippen LogP contribution in [0.2, 0.25) is 0 Å². The molecule has 3 aliphatic carbocycles. The molecule has 4 aliphatic rings. The van der Waals surface area contributed by atoms with Crippen molar-refractivity contribution in [3.05, 3.63) is 137 Å². The molecule has 1 heterocycles. The molecular formula is C39H32Cl2N2O6. The van der Waals surface area contributed by atoms with E-state index in [-0.39, 0.29) is 48.6 Å². The Morgan fingerprint density at radius 1 is 0.653 bits per heavy atom. The monoisotopic (exact) mass is 694 g/mol. The van der Waals surface area contributed by atoms with Gasteiger partial charge in [0.1, 0.15) is 9.75 Å². The van der Waals surface area contributed by atoms with Gasteiger partial charge in [0.2, 0.25) is 17.7 Å². The number of benzene rings is 4. The fourth-order valence-corrected chi connectivity index (χ4v) is 8.61. The second-order valence-electron chi connectivity index (χ2n) is 12.6. The first kappa shape index (κ1) is 32.7. The van der Waals surface area contributed by atoms with Gasteiger partial charge in [0.25, 0.3) is 0 Å². The molecule has 2 atom stereocenters. The molecular weight excluding hydrogens is 663 g/mol. The van der Waals surface area contributed by atoms with E-state index >= 15 is 0 Å². The van der Waals surface area contributed by atoms with E-state index in [4.69, 9.17) is 27.9 Å². The third-order valence-corrected chi connectivity index (χ3v) is 11.1. The zero-order chi connectivity index (χ0) is 34.3. The summed E-state index contributed by atoms with van der Waals surface area (Å²) in [5, 5.41) is 2.81. The average Bonchev–Trinajstić information content (AvgIpc) is 3.39. The van der Waals surface area contributed by atoms with Crippen molar-refractivity contribution in [2.45, 2.75) is 35.4 Å². The van der Waals surface area contributed by atoms with Gasteiger partial charge in [0.15, 0.2) is 12.4 Å². The molecule has 4 aromatic rings. The van der Waals surface area contributed by atoms with Gasteiger partial charge in [0.05, 0.1) is 17.4 Å². The summed E-state index contributed by atoms with van der Waals surface area (Å²) in [6, 6.07) is 29.9. The number of hydrogen-bond acceptors (Lipinski definition) is 6. The van der Waals surface area contributed by atoms with Crippen molar-refractivity contribution in [1.29, 1.82) is 0 Å². The van der Waals surface area contributed by atoms with Crippen molar-refractivity contribution in [1.82, 2.24) is 4.90 Å². The van der Waals surface area contributed by atoms with Gasteiger partial charge in [-0.05, 0) is 59.4 Å². The quantitative estimate of drug-likeness (QED) is 0.0607. The molecule has 1 saturated heterocycles. The van der Waals surface area contributed by atoms with Gasteiger partial charge in [0, 0.05) is 24.2 Å². The van der Waals surface area contributed by atoms with E-state index in [0.717, 1.165) is 22.3 Å². The van der Waals surface area contributed by atoms with Crippen LogP contribution in [0.25, 0.3) is 0 Å². The van der Waals surface area contributed by atoms with Gasteiger partial charge in [-0.2, -0.15) is 0 Å². The highest BCUT2D eigenvalue weighted by Crippen LogP contribution is 2.69. The van der Waals surface area contributed by atoms with Gasteiger partial charge in [-0.1, -0.05) is 85.3 Å².